The lowest BCUT2D eigenvalue weighted by Gasteiger charge is -2.36. The van der Waals surface area contributed by atoms with Gasteiger partial charge >= 0.3 is 0 Å². The van der Waals surface area contributed by atoms with Gasteiger partial charge in [-0.15, -0.1) is 0 Å². The Morgan fingerprint density at radius 2 is 1.82 bits per heavy atom. The molecule has 11 heavy (non-hydrogen) atoms. The number of rotatable bonds is 1. The minimum Gasteiger partial charge on any atom is -0.0761 e. The number of halogens is 4. The van der Waals surface area contributed by atoms with Crippen LogP contribution in [-0.4, -0.2) is 6.97 Å². The highest BCUT2D eigenvalue weighted by Crippen LogP contribution is 2.49. The molecule has 1 aliphatic rings. The Balaban J connectivity index is 2.60. The fraction of sp³-hybridized carbons (Fsp3) is 1.00. The van der Waals surface area contributed by atoms with Crippen molar-refractivity contribution in [3.63, 3.8) is 0 Å². The molecule has 1 aliphatic carbocycles. The lowest BCUT2D eigenvalue weighted by atomic mass is 9.90. The predicted octanol–water partition coefficient (Wildman–Crippen LogP) is 4.78. The van der Waals surface area contributed by atoms with E-state index in [1.54, 1.807) is 0 Å². The van der Waals surface area contributed by atoms with Gasteiger partial charge in [-0.05, 0) is 12.8 Å². The van der Waals surface area contributed by atoms with E-state index >= 15 is 0 Å². The van der Waals surface area contributed by atoms with Crippen LogP contribution in [0.5, 0.6) is 0 Å². The number of alkyl halides is 4. The van der Waals surface area contributed by atoms with Crippen LogP contribution in [0, 0.1) is 5.92 Å². The molecule has 0 amide bonds. The fourth-order valence-electron chi connectivity index (χ4n) is 1.43. The average molecular weight is 414 g/mol. The van der Waals surface area contributed by atoms with Gasteiger partial charge in [-0.1, -0.05) is 76.6 Å². The first-order valence-electron chi connectivity index (χ1n) is 3.70. The molecule has 0 aromatic heterocycles. The van der Waals surface area contributed by atoms with Gasteiger partial charge in [-0.3, -0.25) is 0 Å². The molecule has 0 aromatic rings. The van der Waals surface area contributed by atoms with Gasteiger partial charge < -0.3 is 0 Å². The van der Waals surface area contributed by atoms with E-state index in [0.29, 0.717) is 9.65 Å². The third-order valence-electron chi connectivity index (χ3n) is 2.12. The summed E-state index contributed by atoms with van der Waals surface area (Å²) in [6.07, 6.45) is 5.15. The Morgan fingerprint density at radius 1 is 1.18 bits per heavy atom. The van der Waals surface area contributed by atoms with Crippen molar-refractivity contribution in [2.75, 3.05) is 0 Å². The zero-order valence-electron chi connectivity index (χ0n) is 5.99. The van der Waals surface area contributed by atoms with Crippen LogP contribution in [0.2, 0.25) is 0 Å². The summed E-state index contributed by atoms with van der Waals surface area (Å²) in [5, 5.41) is 0. The number of hydrogen-bond donors (Lipinski definition) is 0. The Kier molecular flexibility index (Phi) is 4.43. The van der Waals surface area contributed by atoms with E-state index < -0.39 is 0 Å². The normalized spacial score (nSPS) is 30.8. The second-order valence-electron chi connectivity index (χ2n) is 2.95. The second kappa shape index (κ2) is 4.43. The minimum absolute atomic E-state index is 0.149. The van der Waals surface area contributed by atoms with E-state index in [0.717, 1.165) is 0 Å². The van der Waals surface area contributed by atoms with E-state index in [9.17, 15) is 0 Å². The van der Waals surface area contributed by atoms with E-state index in [4.69, 9.17) is 0 Å². The maximum Gasteiger partial charge on any atom is 0.0852 e. The van der Waals surface area contributed by atoms with Crippen molar-refractivity contribution >= 4 is 63.7 Å². The summed E-state index contributed by atoms with van der Waals surface area (Å²) in [5.41, 5.74) is 0. The van der Waals surface area contributed by atoms with Crippen molar-refractivity contribution < 1.29 is 0 Å². The fourth-order valence-corrected chi connectivity index (χ4v) is 5.83. The molecule has 1 atom stereocenters. The molecule has 0 aromatic carbocycles. The molecule has 1 rings (SSSR count). The first-order chi connectivity index (χ1) is 5.04. The van der Waals surface area contributed by atoms with Crippen molar-refractivity contribution in [1.29, 1.82) is 0 Å². The van der Waals surface area contributed by atoms with Gasteiger partial charge in [0, 0.05) is 5.92 Å². The predicted molar refractivity (Wildman–Crippen MR) is 64.2 cm³/mol. The average Bonchev–Trinajstić information content (AvgIpc) is 1.85. The van der Waals surface area contributed by atoms with Crippen LogP contribution in [-0.2, 0) is 0 Å². The minimum atomic E-state index is 0.149. The molecule has 1 fully saturated rings. The SMILES string of the molecule is BrC(Br)C1CCCCC1(Br)Br. The van der Waals surface area contributed by atoms with Crippen LogP contribution in [0.15, 0.2) is 0 Å². The zero-order chi connectivity index (χ0) is 8.48. The molecule has 0 radical (unpaired) electrons. The summed E-state index contributed by atoms with van der Waals surface area (Å²) in [5.74, 6) is 0.635. The first kappa shape index (κ1) is 11.0. The number of hydrogen-bond acceptors (Lipinski definition) is 0. The van der Waals surface area contributed by atoms with Crippen LogP contribution in [0.3, 0.4) is 0 Å². The molecule has 66 valence electrons. The highest BCUT2D eigenvalue weighted by Gasteiger charge is 2.38. The molecule has 0 saturated heterocycles. The lowest BCUT2D eigenvalue weighted by molar-refractivity contribution is 0.384. The Labute approximate surface area is 101 Å². The van der Waals surface area contributed by atoms with Crippen LogP contribution < -0.4 is 0 Å². The van der Waals surface area contributed by atoms with Gasteiger partial charge in [0.15, 0.2) is 0 Å². The van der Waals surface area contributed by atoms with Crippen molar-refractivity contribution in [3.05, 3.63) is 0 Å². The molecule has 0 bridgehead atoms. The molecule has 0 nitrogen and oxygen atoms in total. The quantitative estimate of drug-likeness (QED) is 0.543. The van der Waals surface area contributed by atoms with Crippen LogP contribution in [0.1, 0.15) is 25.7 Å². The molecule has 1 saturated carbocycles. The standard InChI is InChI=1S/C7H10Br4/c8-6(9)5-3-1-2-4-7(5,10)11/h5-6H,1-4H2. The third-order valence-corrected chi connectivity index (χ3v) is 5.37. The van der Waals surface area contributed by atoms with E-state index in [1.165, 1.54) is 25.7 Å². The second-order valence-corrected chi connectivity index (χ2v) is 10.0. The molecular formula is C7H10Br4. The summed E-state index contributed by atoms with van der Waals surface area (Å²) < 4.78 is 0.560. The summed E-state index contributed by atoms with van der Waals surface area (Å²) in [6.45, 7) is 0. The maximum atomic E-state index is 3.72. The zero-order valence-corrected chi connectivity index (χ0v) is 12.3. The Hall–Kier alpha value is 1.92. The van der Waals surface area contributed by atoms with E-state index in [2.05, 4.69) is 63.7 Å². The highest BCUT2D eigenvalue weighted by molar-refractivity contribution is 9.26. The van der Waals surface area contributed by atoms with Gasteiger partial charge in [0.2, 0.25) is 0 Å². The van der Waals surface area contributed by atoms with Gasteiger partial charge in [0.1, 0.15) is 0 Å². The molecule has 0 N–H and O–H groups in total. The topological polar surface area (TPSA) is 0 Å². The van der Waals surface area contributed by atoms with Gasteiger partial charge in [-0.2, -0.15) is 0 Å². The van der Waals surface area contributed by atoms with Crippen LogP contribution in [0.4, 0.5) is 0 Å². The Morgan fingerprint density at radius 3 is 2.18 bits per heavy atom. The molecule has 0 spiro atoms. The van der Waals surface area contributed by atoms with Crippen LogP contribution >= 0.6 is 63.7 Å². The van der Waals surface area contributed by atoms with E-state index in [1.807, 2.05) is 0 Å². The highest BCUT2D eigenvalue weighted by atomic mass is 79.9. The van der Waals surface area contributed by atoms with Crippen molar-refractivity contribution in [2.24, 2.45) is 5.92 Å². The molecular weight excluding hydrogens is 404 g/mol. The van der Waals surface area contributed by atoms with E-state index in [-0.39, 0.29) is 3.23 Å². The molecule has 4 heteroatoms. The summed E-state index contributed by atoms with van der Waals surface area (Å²) in [6, 6.07) is 0. The third kappa shape index (κ3) is 2.96. The maximum absolute atomic E-state index is 3.72. The molecule has 0 heterocycles. The molecule has 0 aliphatic heterocycles. The van der Waals surface area contributed by atoms with Gasteiger partial charge in [0.05, 0.1) is 6.97 Å². The smallest absolute Gasteiger partial charge is 0.0761 e. The molecule has 1 unspecified atom stereocenters. The summed E-state index contributed by atoms with van der Waals surface area (Å²) in [4.78, 5) is 0. The van der Waals surface area contributed by atoms with Crippen molar-refractivity contribution in [1.82, 2.24) is 0 Å². The lowest BCUT2D eigenvalue weighted by Crippen LogP contribution is -2.32. The Bertz CT molecular complexity index is 132. The summed E-state index contributed by atoms with van der Waals surface area (Å²) >= 11 is 14.6. The van der Waals surface area contributed by atoms with Crippen LogP contribution in [0.25, 0.3) is 0 Å². The monoisotopic (exact) mass is 410 g/mol. The largest absolute Gasteiger partial charge is 0.0852 e. The first-order valence-corrected chi connectivity index (χ1v) is 7.12. The van der Waals surface area contributed by atoms with Crippen molar-refractivity contribution in [2.45, 2.75) is 32.7 Å². The van der Waals surface area contributed by atoms with Gasteiger partial charge in [-0.25, -0.2) is 0 Å². The van der Waals surface area contributed by atoms with Crippen molar-refractivity contribution in [3.8, 4) is 0 Å². The summed E-state index contributed by atoms with van der Waals surface area (Å²) in [7, 11) is 0. The van der Waals surface area contributed by atoms with Gasteiger partial charge in [0.25, 0.3) is 0 Å².